The molecule has 3 heterocycles. The van der Waals surface area contributed by atoms with Gasteiger partial charge in [0, 0.05) is 56.4 Å². The minimum absolute atomic E-state index is 0.175. The second-order valence-corrected chi connectivity index (χ2v) is 9.28. The monoisotopic (exact) mass is 468 g/mol. The highest BCUT2D eigenvalue weighted by molar-refractivity contribution is 7.09. The van der Waals surface area contributed by atoms with Gasteiger partial charge in [0.05, 0.1) is 18.2 Å². The molecule has 1 N–H and O–H groups in total. The van der Waals surface area contributed by atoms with Crippen molar-refractivity contribution in [3.8, 4) is 0 Å². The minimum atomic E-state index is -0.518. The van der Waals surface area contributed by atoms with Gasteiger partial charge in [-0.05, 0) is 30.9 Å². The zero-order chi connectivity index (χ0) is 23.2. The van der Waals surface area contributed by atoms with Crippen molar-refractivity contribution < 1.29 is 14.3 Å². The molecule has 1 saturated heterocycles. The number of esters is 1. The molecule has 0 saturated carbocycles. The van der Waals surface area contributed by atoms with E-state index in [0.29, 0.717) is 25.3 Å². The lowest BCUT2D eigenvalue weighted by atomic mass is 9.94. The van der Waals surface area contributed by atoms with Crippen LogP contribution >= 0.6 is 11.3 Å². The molecule has 1 aromatic carbocycles. The van der Waals surface area contributed by atoms with Crippen LogP contribution in [0.25, 0.3) is 0 Å². The smallest absolute Gasteiger partial charge is 0.338 e. The van der Waals surface area contributed by atoms with E-state index in [0.717, 1.165) is 44.0 Å². The van der Waals surface area contributed by atoms with Crippen molar-refractivity contribution in [2.24, 2.45) is 0 Å². The first-order chi connectivity index (χ1) is 16.1. The van der Waals surface area contributed by atoms with Gasteiger partial charge < -0.3 is 10.1 Å². The van der Waals surface area contributed by atoms with Crippen molar-refractivity contribution in [1.29, 1.82) is 0 Å². The van der Waals surface area contributed by atoms with Crippen LogP contribution in [0.5, 0.6) is 0 Å². The fourth-order valence-corrected chi connectivity index (χ4v) is 5.24. The Labute approximate surface area is 199 Å². The molecule has 2 amide bonds. The second-order valence-electron chi connectivity index (χ2n) is 8.25. The molecule has 0 radical (unpaired) electrons. The van der Waals surface area contributed by atoms with Crippen molar-refractivity contribution in [3.05, 3.63) is 69.6 Å². The van der Waals surface area contributed by atoms with Crippen molar-refractivity contribution in [2.75, 3.05) is 45.9 Å². The Morgan fingerprint density at radius 1 is 1.03 bits per heavy atom. The Kier molecular flexibility index (Phi) is 7.80. The number of piperazine rings is 1. The van der Waals surface area contributed by atoms with Gasteiger partial charge in [-0.2, -0.15) is 0 Å². The average Bonchev–Trinajstić information content (AvgIpc) is 3.34. The maximum absolute atomic E-state index is 13.1. The first-order valence-electron chi connectivity index (χ1n) is 11.6. The first kappa shape index (κ1) is 23.5. The minimum Gasteiger partial charge on any atom is -0.463 e. The van der Waals surface area contributed by atoms with Crippen molar-refractivity contribution in [3.63, 3.8) is 0 Å². The number of benzene rings is 1. The predicted molar refractivity (Wildman–Crippen MR) is 130 cm³/mol. The summed E-state index contributed by atoms with van der Waals surface area (Å²) in [5.74, 6) is -0.365. The largest absolute Gasteiger partial charge is 0.463 e. The Balaban J connectivity index is 1.58. The van der Waals surface area contributed by atoms with Gasteiger partial charge in [-0.15, -0.1) is 11.3 Å². The van der Waals surface area contributed by atoms with Crippen LogP contribution < -0.4 is 5.32 Å². The van der Waals surface area contributed by atoms with E-state index < -0.39 is 6.04 Å². The number of hydrogen-bond donors (Lipinski definition) is 1. The lowest BCUT2D eigenvalue weighted by Crippen LogP contribution is -2.53. The van der Waals surface area contributed by atoms with Gasteiger partial charge >= 0.3 is 12.0 Å². The lowest BCUT2D eigenvalue weighted by Gasteiger charge is -2.40. The number of carbonyl (C=O) groups excluding carboxylic acids is 2. The van der Waals surface area contributed by atoms with E-state index in [1.807, 2.05) is 44.2 Å². The molecule has 1 fully saturated rings. The quantitative estimate of drug-likeness (QED) is 0.601. The van der Waals surface area contributed by atoms with Crippen LogP contribution in [0.3, 0.4) is 0 Å². The lowest BCUT2D eigenvalue weighted by molar-refractivity contribution is -0.139. The third kappa shape index (κ3) is 5.46. The Morgan fingerprint density at radius 2 is 1.73 bits per heavy atom. The molecule has 1 atom stereocenters. The van der Waals surface area contributed by atoms with Crippen LogP contribution in [-0.2, 0) is 16.1 Å². The third-order valence-electron chi connectivity index (χ3n) is 6.18. The molecule has 0 aliphatic carbocycles. The van der Waals surface area contributed by atoms with Crippen LogP contribution in [0.4, 0.5) is 4.79 Å². The molecule has 8 heteroatoms. The second kappa shape index (κ2) is 11.0. The molecule has 176 valence electrons. The summed E-state index contributed by atoms with van der Waals surface area (Å²) < 4.78 is 5.46. The molecule has 4 rings (SSSR count). The zero-order valence-electron chi connectivity index (χ0n) is 19.3. The summed E-state index contributed by atoms with van der Waals surface area (Å²) in [6.45, 7) is 9.74. The van der Waals surface area contributed by atoms with E-state index in [4.69, 9.17) is 4.74 Å². The maximum atomic E-state index is 13.1. The molecule has 0 spiro atoms. The number of ether oxygens (including phenoxy) is 1. The van der Waals surface area contributed by atoms with Gasteiger partial charge in [-0.1, -0.05) is 36.4 Å². The molecule has 1 aromatic heterocycles. The van der Waals surface area contributed by atoms with Crippen molar-refractivity contribution in [1.82, 2.24) is 20.0 Å². The summed E-state index contributed by atoms with van der Waals surface area (Å²) in [6, 6.07) is 13.2. The molecule has 0 unspecified atom stereocenters. The van der Waals surface area contributed by atoms with Crippen LogP contribution in [0.2, 0.25) is 0 Å². The molecule has 2 aromatic rings. The number of amides is 2. The maximum Gasteiger partial charge on any atom is 0.338 e. The number of rotatable bonds is 8. The van der Waals surface area contributed by atoms with E-state index in [-0.39, 0.29) is 12.0 Å². The van der Waals surface area contributed by atoms with Crippen LogP contribution in [0.1, 0.15) is 30.3 Å². The van der Waals surface area contributed by atoms with E-state index in [2.05, 4.69) is 32.6 Å². The molecular weight excluding hydrogens is 436 g/mol. The normalized spacial score (nSPS) is 20.1. The number of urea groups is 1. The van der Waals surface area contributed by atoms with Crippen LogP contribution in [0, 0.1) is 0 Å². The zero-order valence-corrected chi connectivity index (χ0v) is 20.1. The molecule has 2 aliphatic heterocycles. The Hall–Kier alpha value is -2.68. The molecule has 2 aliphatic rings. The van der Waals surface area contributed by atoms with E-state index in [1.165, 1.54) is 4.88 Å². The topological polar surface area (TPSA) is 65.1 Å². The highest BCUT2D eigenvalue weighted by Crippen LogP contribution is 2.32. The Bertz CT molecular complexity index is 969. The number of nitrogens with zero attached hydrogens (tertiary/aromatic N) is 3. The average molecular weight is 469 g/mol. The summed E-state index contributed by atoms with van der Waals surface area (Å²) >= 11 is 1.79. The molecule has 33 heavy (non-hydrogen) atoms. The summed E-state index contributed by atoms with van der Waals surface area (Å²) in [6.07, 6.45) is 0. The molecule has 0 bridgehead atoms. The van der Waals surface area contributed by atoms with Gasteiger partial charge in [0.15, 0.2) is 0 Å². The third-order valence-corrected chi connectivity index (χ3v) is 7.04. The number of carbonyl (C=O) groups is 2. The summed E-state index contributed by atoms with van der Waals surface area (Å²) in [5, 5.41) is 5.14. The fourth-order valence-electron chi connectivity index (χ4n) is 4.49. The highest BCUT2D eigenvalue weighted by Gasteiger charge is 2.38. The van der Waals surface area contributed by atoms with Crippen LogP contribution in [-0.4, -0.2) is 72.6 Å². The summed E-state index contributed by atoms with van der Waals surface area (Å²) in [5.41, 5.74) is 2.16. The van der Waals surface area contributed by atoms with E-state index in [1.54, 1.807) is 16.2 Å². The van der Waals surface area contributed by atoms with Crippen molar-refractivity contribution >= 4 is 23.3 Å². The summed E-state index contributed by atoms with van der Waals surface area (Å²) in [7, 11) is 0. The fraction of sp³-hybridized carbons (Fsp3) is 0.440. The Morgan fingerprint density at radius 3 is 2.33 bits per heavy atom. The van der Waals surface area contributed by atoms with E-state index >= 15 is 0 Å². The van der Waals surface area contributed by atoms with Gasteiger partial charge in [0.2, 0.25) is 0 Å². The molecular formula is C25H32N4O3S. The number of thiophene rings is 1. The number of nitrogens with one attached hydrogen (secondary N) is 1. The predicted octanol–water partition coefficient (Wildman–Crippen LogP) is 3.47. The van der Waals surface area contributed by atoms with Crippen LogP contribution in [0.15, 0.2) is 59.1 Å². The highest BCUT2D eigenvalue weighted by atomic mass is 32.1. The van der Waals surface area contributed by atoms with E-state index in [9.17, 15) is 9.59 Å². The van der Waals surface area contributed by atoms with Gasteiger partial charge in [-0.3, -0.25) is 14.7 Å². The van der Waals surface area contributed by atoms with Gasteiger partial charge in [0.25, 0.3) is 0 Å². The summed E-state index contributed by atoms with van der Waals surface area (Å²) in [4.78, 5) is 34.0. The van der Waals surface area contributed by atoms with Gasteiger partial charge in [-0.25, -0.2) is 9.59 Å². The molecule has 7 nitrogen and oxygen atoms in total. The van der Waals surface area contributed by atoms with Gasteiger partial charge in [0.1, 0.15) is 0 Å². The number of hydrogen-bond acceptors (Lipinski definition) is 6. The first-order valence-corrected chi connectivity index (χ1v) is 12.5. The SMILES string of the molecule is CCOC(=O)C1=C(CN2CCN(Cc3cccs3)CC2)N(CC)C(=O)N[C@@H]1c1ccccc1. The standard InChI is InChI=1S/C25H32N4O3S/c1-3-29-21(18-28-14-12-27(13-15-28)17-20-11-8-16-33-20)22(24(30)32-4-2)23(26-25(29)31)19-9-6-5-7-10-19/h5-11,16,23H,3-4,12-15,17-18H2,1-2H3,(H,26,31)/t23-/m1/s1. The number of likely N-dealkylation sites (N-methyl/N-ethyl adjacent to an activating group) is 1. The van der Waals surface area contributed by atoms with Crippen molar-refractivity contribution in [2.45, 2.75) is 26.4 Å².